The molecule has 0 aliphatic rings. The van der Waals surface area contributed by atoms with E-state index in [0.717, 1.165) is 0 Å². The second-order valence-corrected chi connectivity index (χ2v) is 7.99. The molecule has 4 heteroatoms. The van der Waals surface area contributed by atoms with Gasteiger partial charge in [-0.25, -0.2) is 0 Å². The first-order valence-electron chi connectivity index (χ1n) is 4.59. The molecule has 0 aromatic carbocycles. The number of hydrogen-bond donors (Lipinski definition) is 0. The molecule has 16 heavy (non-hydrogen) atoms. The third-order valence-corrected chi connectivity index (χ3v) is 5.00. The fraction of sp³-hybridized carbons (Fsp3) is 0. The van der Waals surface area contributed by atoms with Gasteiger partial charge < -0.3 is 0 Å². The maximum atomic E-state index is 3.44. The Morgan fingerprint density at radius 3 is 1.50 bits per heavy atom. The summed E-state index contributed by atoms with van der Waals surface area (Å²) >= 11 is 10.3. The lowest BCUT2D eigenvalue weighted by Crippen LogP contribution is -1.56. The van der Waals surface area contributed by atoms with E-state index in [9.17, 15) is 0 Å². The normalized spacial score (nSPS) is 11.9. The van der Waals surface area contributed by atoms with E-state index < -0.39 is 0 Å². The van der Waals surface area contributed by atoms with E-state index in [-0.39, 0.29) is 0 Å². The van der Waals surface area contributed by atoms with Gasteiger partial charge in [-0.2, -0.15) is 0 Å². The summed E-state index contributed by atoms with van der Waals surface area (Å²) in [4.78, 5) is 2.51. The van der Waals surface area contributed by atoms with Gasteiger partial charge in [-0.3, -0.25) is 0 Å². The Morgan fingerprint density at radius 2 is 1.19 bits per heavy atom. The second kappa shape index (κ2) is 5.96. The molecule has 0 N–H and O–H groups in total. The van der Waals surface area contributed by atoms with Gasteiger partial charge in [-0.05, 0) is 68.3 Å². The zero-order chi connectivity index (χ0) is 11.4. The molecule has 0 atom stereocenters. The Kier molecular flexibility index (Phi) is 4.58. The Morgan fingerprint density at radius 1 is 0.750 bits per heavy atom. The van der Waals surface area contributed by atoms with Gasteiger partial charge in [0, 0.05) is 9.75 Å². The molecular weight excluding hydrogens is 368 g/mol. The molecule has 0 saturated carbocycles. The lowest BCUT2D eigenvalue weighted by Gasteiger charge is -1.81. The van der Waals surface area contributed by atoms with E-state index in [1.165, 1.54) is 17.3 Å². The molecule has 82 valence electrons. The number of allylic oxidation sites excluding steroid dienone is 2. The Labute approximate surface area is 120 Å². The topological polar surface area (TPSA) is 0 Å². The SMILES string of the molecule is Brc1ccc(/C=C/C=C/c2ccc(Br)s2)s1. The standard InChI is InChI=1S/C12H8Br2S2/c13-11-7-5-9(15-11)3-1-2-4-10-6-8-12(14)16-10/h1-8H/b3-1+,4-2+. The Balaban J connectivity index is 1.96. The van der Waals surface area contributed by atoms with Crippen molar-refractivity contribution >= 4 is 66.7 Å². The summed E-state index contributed by atoms with van der Waals surface area (Å²) in [7, 11) is 0. The molecule has 2 rings (SSSR count). The number of thiophene rings is 2. The average molecular weight is 376 g/mol. The highest BCUT2D eigenvalue weighted by Gasteiger charge is 1.92. The zero-order valence-corrected chi connectivity index (χ0v) is 13.0. The monoisotopic (exact) mass is 374 g/mol. The zero-order valence-electron chi connectivity index (χ0n) is 8.19. The van der Waals surface area contributed by atoms with Crippen molar-refractivity contribution in [2.45, 2.75) is 0 Å². The first-order chi connectivity index (χ1) is 7.74. The quantitative estimate of drug-likeness (QED) is 0.571. The van der Waals surface area contributed by atoms with Gasteiger partial charge in [0.15, 0.2) is 0 Å². The predicted molar refractivity (Wildman–Crippen MR) is 82.1 cm³/mol. The van der Waals surface area contributed by atoms with Crippen molar-refractivity contribution < 1.29 is 0 Å². The van der Waals surface area contributed by atoms with Crippen molar-refractivity contribution in [3.8, 4) is 0 Å². The molecule has 0 nitrogen and oxygen atoms in total. The predicted octanol–water partition coefficient (Wildman–Crippen LogP) is 6.06. The molecule has 0 radical (unpaired) electrons. The van der Waals surface area contributed by atoms with Crippen molar-refractivity contribution in [3.63, 3.8) is 0 Å². The van der Waals surface area contributed by atoms with Gasteiger partial charge in [0.1, 0.15) is 0 Å². The van der Waals surface area contributed by atoms with Crippen LogP contribution in [0.25, 0.3) is 12.2 Å². The van der Waals surface area contributed by atoms with Crippen LogP contribution in [0.15, 0.2) is 44.0 Å². The van der Waals surface area contributed by atoms with Crippen LogP contribution in [0.1, 0.15) is 9.75 Å². The van der Waals surface area contributed by atoms with Crippen LogP contribution in [-0.4, -0.2) is 0 Å². The molecule has 0 fully saturated rings. The van der Waals surface area contributed by atoms with Crippen LogP contribution in [0, 0.1) is 0 Å². The highest BCUT2D eigenvalue weighted by molar-refractivity contribution is 9.11. The highest BCUT2D eigenvalue weighted by Crippen LogP contribution is 2.24. The molecular formula is C12H8Br2S2. The van der Waals surface area contributed by atoms with Gasteiger partial charge in [0.25, 0.3) is 0 Å². The maximum Gasteiger partial charge on any atom is 0.0704 e. The van der Waals surface area contributed by atoms with E-state index >= 15 is 0 Å². The number of halogens is 2. The van der Waals surface area contributed by atoms with E-state index in [4.69, 9.17) is 0 Å². The molecule has 2 aromatic rings. The van der Waals surface area contributed by atoms with E-state index in [1.807, 2.05) is 0 Å². The maximum absolute atomic E-state index is 3.44. The minimum Gasteiger partial charge on any atom is -0.129 e. The minimum atomic E-state index is 1.17. The molecule has 0 saturated heterocycles. The summed E-state index contributed by atoms with van der Waals surface area (Å²) in [5, 5.41) is 0. The number of rotatable bonds is 3. The van der Waals surface area contributed by atoms with Gasteiger partial charge in [-0.15, -0.1) is 22.7 Å². The molecule has 0 bridgehead atoms. The van der Waals surface area contributed by atoms with Crippen LogP contribution in [0.3, 0.4) is 0 Å². The van der Waals surface area contributed by atoms with Crippen LogP contribution in [0.5, 0.6) is 0 Å². The first kappa shape index (κ1) is 12.3. The molecule has 2 heterocycles. The van der Waals surface area contributed by atoms with Crippen LogP contribution in [-0.2, 0) is 0 Å². The van der Waals surface area contributed by atoms with Crippen LogP contribution in [0.2, 0.25) is 0 Å². The summed E-state index contributed by atoms with van der Waals surface area (Å²) < 4.78 is 2.33. The molecule has 2 aromatic heterocycles. The fourth-order valence-corrected chi connectivity index (χ4v) is 3.81. The van der Waals surface area contributed by atoms with Crippen LogP contribution >= 0.6 is 54.5 Å². The van der Waals surface area contributed by atoms with Crippen LogP contribution < -0.4 is 0 Å². The van der Waals surface area contributed by atoms with E-state index in [0.29, 0.717) is 0 Å². The summed E-state index contributed by atoms with van der Waals surface area (Å²) in [6.07, 6.45) is 8.33. The van der Waals surface area contributed by atoms with Crippen molar-refractivity contribution in [1.29, 1.82) is 0 Å². The summed E-state index contributed by atoms with van der Waals surface area (Å²) in [5.41, 5.74) is 0. The molecule has 0 spiro atoms. The second-order valence-electron chi connectivity index (χ2n) is 3.00. The van der Waals surface area contributed by atoms with Crippen molar-refractivity contribution in [2.75, 3.05) is 0 Å². The lowest BCUT2D eigenvalue weighted by atomic mass is 10.3. The Bertz CT molecular complexity index is 472. The van der Waals surface area contributed by atoms with Gasteiger partial charge in [0.2, 0.25) is 0 Å². The van der Waals surface area contributed by atoms with Crippen molar-refractivity contribution in [1.82, 2.24) is 0 Å². The third-order valence-electron chi connectivity index (χ3n) is 1.82. The average Bonchev–Trinajstić information content (AvgIpc) is 2.83. The molecule has 0 amide bonds. The van der Waals surface area contributed by atoms with Gasteiger partial charge in [-0.1, -0.05) is 12.2 Å². The fourth-order valence-electron chi connectivity index (χ4n) is 1.14. The molecule has 0 aliphatic carbocycles. The number of hydrogen-bond acceptors (Lipinski definition) is 2. The van der Waals surface area contributed by atoms with E-state index in [1.54, 1.807) is 22.7 Å². The summed E-state index contributed by atoms with van der Waals surface area (Å²) in [6.45, 7) is 0. The van der Waals surface area contributed by atoms with Gasteiger partial charge >= 0.3 is 0 Å². The first-order valence-corrected chi connectivity index (χ1v) is 7.81. The van der Waals surface area contributed by atoms with Gasteiger partial charge in [0.05, 0.1) is 7.57 Å². The van der Waals surface area contributed by atoms with Crippen molar-refractivity contribution in [2.24, 2.45) is 0 Å². The minimum absolute atomic E-state index is 1.17. The van der Waals surface area contributed by atoms with Crippen molar-refractivity contribution in [3.05, 3.63) is 53.7 Å². The van der Waals surface area contributed by atoms with Crippen LogP contribution in [0.4, 0.5) is 0 Å². The largest absolute Gasteiger partial charge is 0.129 e. The summed E-state index contributed by atoms with van der Waals surface area (Å²) in [6, 6.07) is 8.32. The highest BCUT2D eigenvalue weighted by atomic mass is 79.9. The lowest BCUT2D eigenvalue weighted by molar-refractivity contribution is 1.90. The Hall–Kier alpha value is -0.160. The third kappa shape index (κ3) is 3.70. The smallest absolute Gasteiger partial charge is 0.0704 e. The summed E-state index contributed by atoms with van der Waals surface area (Å²) in [5.74, 6) is 0. The van der Waals surface area contributed by atoms with E-state index in [2.05, 4.69) is 80.4 Å². The molecule has 0 aliphatic heterocycles. The molecule has 0 unspecified atom stereocenters.